The van der Waals surface area contributed by atoms with E-state index in [4.69, 9.17) is 9.84 Å². The smallest absolute Gasteiger partial charge is 0.303 e. The Hall–Kier alpha value is -1.35. The van der Waals surface area contributed by atoms with E-state index < -0.39 is 5.97 Å². The molecule has 1 rings (SSSR count). The summed E-state index contributed by atoms with van der Waals surface area (Å²) in [6, 6.07) is 0. The van der Waals surface area contributed by atoms with Gasteiger partial charge in [-0.15, -0.1) is 0 Å². The van der Waals surface area contributed by atoms with Crippen molar-refractivity contribution in [3.63, 3.8) is 0 Å². The van der Waals surface area contributed by atoms with E-state index in [-0.39, 0.29) is 6.42 Å². The Morgan fingerprint density at radius 2 is 1.65 bits per heavy atom. The van der Waals surface area contributed by atoms with Crippen molar-refractivity contribution in [3.05, 3.63) is 36.5 Å². The molecule has 2 atom stereocenters. The Morgan fingerprint density at radius 1 is 0.957 bits per heavy atom. The molecule has 1 fully saturated rings. The number of carboxylic acids is 1. The van der Waals surface area contributed by atoms with Gasteiger partial charge in [0.15, 0.2) is 0 Å². The van der Waals surface area contributed by atoms with Crippen LogP contribution in [0.2, 0.25) is 0 Å². The van der Waals surface area contributed by atoms with Crippen molar-refractivity contribution < 1.29 is 14.6 Å². The number of carboxylic acid groups (broad SMARTS) is 1. The number of ether oxygens (including phenoxy) is 1. The fourth-order valence-electron chi connectivity index (χ4n) is 2.50. The summed E-state index contributed by atoms with van der Waals surface area (Å²) < 4.78 is 5.66. The van der Waals surface area contributed by atoms with Crippen molar-refractivity contribution in [2.75, 3.05) is 0 Å². The van der Waals surface area contributed by atoms with E-state index in [1.807, 2.05) is 0 Å². The summed E-state index contributed by atoms with van der Waals surface area (Å²) in [5.41, 5.74) is 0. The van der Waals surface area contributed by atoms with Crippen LogP contribution in [0, 0.1) is 0 Å². The van der Waals surface area contributed by atoms with Gasteiger partial charge in [-0.25, -0.2) is 0 Å². The van der Waals surface area contributed by atoms with Crippen molar-refractivity contribution in [3.8, 4) is 0 Å². The van der Waals surface area contributed by atoms with Crippen LogP contribution in [-0.2, 0) is 9.53 Å². The number of hydrogen-bond acceptors (Lipinski definition) is 2. The first-order chi connectivity index (χ1) is 11.2. The largest absolute Gasteiger partial charge is 0.481 e. The minimum absolute atomic E-state index is 0.259. The summed E-state index contributed by atoms with van der Waals surface area (Å²) in [5, 5.41) is 8.51. The first-order valence-corrected chi connectivity index (χ1v) is 9.06. The molecule has 3 nitrogen and oxygen atoms in total. The Morgan fingerprint density at radius 3 is 2.35 bits per heavy atom. The Bertz CT molecular complexity index is 396. The highest BCUT2D eigenvalue weighted by atomic mass is 16.6. The van der Waals surface area contributed by atoms with Gasteiger partial charge in [-0.1, -0.05) is 62.6 Å². The Balaban J connectivity index is 1.90. The molecule has 0 unspecified atom stereocenters. The molecular weight excluding hydrogens is 288 g/mol. The molecule has 0 radical (unpaired) electrons. The maximum Gasteiger partial charge on any atom is 0.303 e. The molecule has 0 aromatic carbocycles. The summed E-state index contributed by atoms with van der Waals surface area (Å²) in [6.45, 7) is 2.23. The predicted molar refractivity (Wildman–Crippen MR) is 95.6 cm³/mol. The van der Waals surface area contributed by atoms with Gasteiger partial charge in [-0.2, -0.15) is 0 Å². The minimum atomic E-state index is -0.714. The van der Waals surface area contributed by atoms with Crippen LogP contribution in [0.15, 0.2) is 36.5 Å². The maximum absolute atomic E-state index is 10.3. The number of rotatable bonds is 14. The molecule has 0 amide bonds. The molecule has 1 N–H and O–H groups in total. The predicted octanol–water partition coefficient (Wildman–Crippen LogP) is 5.43. The van der Waals surface area contributed by atoms with Crippen LogP contribution >= 0.6 is 0 Å². The van der Waals surface area contributed by atoms with Gasteiger partial charge in [0.2, 0.25) is 0 Å². The first kappa shape index (κ1) is 19.7. The van der Waals surface area contributed by atoms with Gasteiger partial charge in [-0.3, -0.25) is 4.79 Å². The topological polar surface area (TPSA) is 49.8 Å². The van der Waals surface area contributed by atoms with Crippen molar-refractivity contribution >= 4 is 5.97 Å². The van der Waals surface area contributed by atoms with Gasteiger partial charge in [0.1, 0.15) is 0 Å². The number of allylic oxidation sites excluding steroid dienone is 5. The first-order valence-electron chi connectivity index (χ1n) is 9.06. The minimum Gasteiger partial charge on any atom is -0.481 e. The van der Waals surface area contributed by atoms with Gasteiger partial charge in [0, 0.05) is 6.42 Å². The number of aliphatic carboxylic acids is 1. The normalized spacial score (nSPS) is 20.9. The Kier molecular flexibility index (Phi) is 11.2. The van der Waals surface area contributed by atoms with E-state index in [1.165, 1.54) is 25.7 Å². The van der Waals surface area contributed by atoms with E-state index in [0.717, 1.165) is 32.1 Å². The summed E-state index contributed by atoms with van der Waals surface area (Å²) in [6.07, 6.45) is 23.8. The third-order valence-corrected chi connectivity index (χ3v) is 3.95. The second kappa shape index (κ2) is 13.1. The molecule has 23 heavy (non-hydrogen) atoms. The SMILES string of the molecule is CCCCC[C@@H]1O[C@@H]1C/C=C/C/C=C\C/C=C/CCCC(=O)O. The third-order valence-electron chi connectivity index (χ3n) is 3.95. The summed E-state index contributed by atoms with van der Waals surface area (Å²) >= 11 is 0. The molecule has 0 spiro atoms. The fourth-order valence-corrected chi connectivity index (χ4v) is 2.50. The lowest BCUT2D eigenvalue weighted by atomic mass is 10.1. The highest BCUT2D eigenvalue weighted by molar-refractivity contribution is 5.66. The zero-order valence-electron chi connectivity index (χ0n) is 14.5. The van der Waals surface area contributed by atoms with Crippen LogP contribution in [-0.4, -0.2) is 23.3 Å². The average Bonchev–Trinajstić information content (AvgIpc) is 3.27. The maximum atomic E-state index is 10.3. The molecule has 1 aliphatic rings. The molecule has 1 aliphatic heterocycles. The molecule has 1 saturated heterocycles. The molecule has 0 saturated carbocycles. The van der Waals surface area contributed by atoms with Crippen molar-refractivity contribution in [1.29, 1.82) is 0 Å². The van der Waals surface area contributed by atoms with Crippen molar-refractivity contribution in [2.24, 2.45) is 0 Å². The molecular formula is C20H32O3. The molecule has 0 aromatic rings. The van der Waals surface area contributed by atoms with Crippen LogP contribution in [0.3, 0.4) is 0 Å². The van der Waals surface area contributed by atoms with Gasteiger partial charge < -0.3 is 9.84 Å². The highest BCUT2D eigenvalue weighted by Crippen LogP contribution is 2.30. The van der Waals surface area contributed by atoms with E-state index in [0.29, 0.717) is 12.2 Å². The molecule has 130 valence electrons. The Labute approximate surface area is 141 Å². The van der Waals surface area contributed by atoms with Crippen molar-refractivity contribution in [2.45, 2.75) is 83.3 Å². The zero-order chi connectivity index (χ0) is 16.8. The lowest BCUT2D eigenvalue weighted by Crippen LogP contribution is -1.92. The van der Waals surface area contributed by atoms with Crippen molar-refractivity contribution in [1.82, 2.24) is 0 Å². The van der Waals surface area contributed by atoms with Crippen LogP contribution in [0.1, 0.15) is 71.1 Å². The lowest BCUT2D eigenvalue weighted by molar-refractivity contribution is -0.137. The summed E-state index contributed by atoms with van der Waals surface area (Å²) in [5.74, 6) is -0.714. The number of epoxide rings is 1. The molecule has 0 bridgehead atoms. The van der Waals surface area contributed by atoms with Gasteiger partial charge in [0.05, 0.1) is 12.2 Å². The molecule has 1 heterocycles. The summed E-state index contributed by atoms with van der Waals surface area (Å²) in [7, 11) is 0. The lowest BCUT2D eigenvalue weighted by Gasteiger charge is -1.93. The number of unbranched alkanes of at least 4 members (excludes halogenated alkanes) is 3. The van der Waals surface area contributed by atoms with Crippen LogP contribution in [0.4, 0.5) is 0 Å². The fraction of sp³-hybridized carbons (Fsp3) is 0.650. The standard InChI is InChI=1S/C20H32O3/c1-2-3-12-15-18-19(23-18)16-13-10-8-6-4-5-7-9-11-14-17-20(21)22/h4,6-7,9-10,13,18-19H,2-3,5,8,11-12,14-17H2,1H3,(H,21,22)/b6-4-,9-7+,13-10+/t18-,19+/m0/s1. The monoisotopic (exact) mass is 320 g/mol. The van der Waals surface area contributed by atoms with E-state index in [2.05, 4.69) is 43.4 Å². The van der Waals surface area contributed by atoms with E-state index in [9.17, 15) is 4.79 Å². The zero-order valence-corrected chi connectivity index (χ0v) is 14.5. The summed E-state index contributed by atoms with van der Waals surface area (Å²) in [4.78, 5) is 10.3. The third kappa shape index (κ3) is 11.8. The van der Waals surface area contributed by atoms with Crippen LogP contribution in [0.5, 0.6) is 0 Å². The quantitative estimate of drug-likeness (QED) is 0.264. The number of carbonyl (C=O) groups is 1. The van der Waals surface area contributed by atoms with E-state index in [1.54, 1.807) is 0 Å². The van der Waals surface area contributed by atoms with E-state index >= 15 is 0 Å². The molecule has 0 aromatic heterocycles. The van der Waals surface area contributed by atoms with Gasteiger partial charge >= 0.3 is 5.97 Å². The highest BCUT2D eigenvalue weighted by Gasteiger charge is 2.36. The van der Waals surface area contributed by atoms with Gasteiger partial charge in [-0.05, 0) is 38.5 Å². The second-order valence-corrected chi connectivity index (χ2v) is 6.12. The second-order valence-electron chi connectivity index (χ2n) is 6.12. The molecule has 0 aliphatic carbocycles. The average molecular weight is 320 g/mol. The number of hydrogen-bond donors (Lipinski definition) is 1. The van der Waals surface area contributed by atoms with Crippen LogP contribution < -0.4 is 0 Å². The van der Waals surface area contributed by atoms with Crippen LogP contribution in [0.25, 0.3) is 0 Å². The molecule has 3 heteroatoms. The van der Waals surface area contributed by atoms with Gasteiger partial charge in [0.25, 0.3) is 0 Å².